The summed E-state index contributed by atoms with van der Waals surface area (Å²) in [5.74, 6) is -0.842. The number of ether oxygens (including phenoxy) is 2. The Balaban J connectivity index is 1.26. The molecule has 6 atom stereocenters. The molecule has 1 amide bonds. The van der Waals surface area contributed by atoms with Crippen LogP contribution in [0.1, 0.15) is 72.1 Å². The second-order valence-corrected chi connectivity index (χ2v) is 13.6. The predicted molar refractivity (Wildman–Crippen MR) is 170 cm³/mol. The monoisotopic (exact) mass is 638 g/mol. The van der Waals surface area contributed by atoms with Crippen LogP contribution in [-0.2, 0) is 26.1 Å². The van der Waals surface area contributed by atoms with E-state index in [2.05, 4.69) is 5.32 Å². The number of amides is 1. The maximum Gasteiger partial charge on any atom is 0.330 e. The number of rotatable bonds is 16. The third kappa shape index (κ3) is 10.4. The molecule has 0 radical (unpaired) electrons. The van der Waals surface area contributed by atoms with E-state index in [9.17, 15) is 29.7 Å². The van der Waals surface area contributed by atoms with Crippen LogP contribution in [-0.4, -0.2) is 69.4 Å². The van der Waals surface area contributed by atoms with Crippen LogP contribution in [0.15, 0.2) is 34.0 Å². The molecule has 240 valence electrons. The molecule has 3 aliphatic rings. The Labute approximate surface area is 260 Å². The van der Waals surface area contributed by atoms with E-state index in [0.717, 1.165) is 29.8 Å². The largest absolute Gasteiger partial charge is 0.463 e. The Bertz CT molecular complexity index is 1260. The van der Waals surface area contributed by atoms with Gasteiger partial charge >= 0.3 is 5.97 Å². The third-order valence-corrected chi connectivity index (χ3v) is 10.0. The van der Waals surface area contributed by atoms with Crippen molar-refractivity contribution in [1.29, 1.82) is 0 Å². The fourth-order valence-electron chi connectivity index (χ4n) is 4.97. The first-order chi connectivity index (χ1) is 20.5. The summed E-state index contributed by atoms with van der Waals surface area (Å²) in [4.78, 5) is 37.7. The third-order valence-electron chi connectivity index (χ3n) is 7.95. The van der Waals surface area contributed by atoms with Crippen LogP contribution in [0.3, 0.4) is 0 Å². The molecule has 12 heteroatoms. The highest BCUT2D eigenvalue weighted by atomic mass is 32.9. The highest BCUT2D eigenvalue weighted by Gasteiger charge is 2.37. The van der Waals surface area contributed by atoms with E-state index >= 15 is 0 Å². The van der Waals surface area contributed by atoms with Crippen molar-refractivity contribution in [2.24, 2.45) is 18.9 Å². The average molecular weight is 639 g/mol. The van der Waals surface area contributed by atoms with Crippen LogP contribution < -0.4 is 10.9 Å². The first kappa shape index (κ1) is 35.1. The maximum atomic E-state index is 12.3. The molecule has 0 saturated carbocycles. The van der Waals surface area contributed by atoms with Crippen LogP contribution in [0.4, 0.5) is 5.69 Å². The zero-order valence-corrected chi connectivity index (χ0v) is 27.1. The first-order valence-corrected chi connectivity index (χ1v) is 17.2. The molecule has 3 heterocycles. The SMILES string of the molecule is C/C(=C\C(=O)OCCCCCCCC(=O)Nc1c2sscc-2n(C)c1=O)C[C@@H]1OC[C@H](C/C=C/[C@@H](C)[C@H](C)O)[C@@H](O)[C@H]1O. The summed E-state index contributed by atoms with van der Waals surface area (Å²) >= 11 is 0. The molecule has 0 aliphatic carbocycles. The van der Waals surface area contributed by atoms with Crippen molar-refractivity contribution in [3.05, 3.63) is 39.5 Å². The topological polar surface area (TPSA) is 147 Å². The van der Waals surface area contributed by atoms with Crippen LogP contribution in [0, 0.1) is 11.8 Å². The number of hydrogen-bond acceptors (Lipinski definition) is 10. The lowest BCUT2D eigenvalue weighted by molar-refractivity contribution is -0.162. The lowest BCUT2D eigenvalue weighted by Gasteiger charge is -2.37. The van der Waals surface area contributed by atoms with Crippen molar-refractivity contribution in [2.75, 3.05) is 18.5 Å². The molecule has 43 heavy (non-hydrogen) atoms. The summed E-state index contributed by atoms with van der Waals surface area (Å²) in [6.45, 7) is 6.00. The molecule has 0 aromatic heterocycles. The van der Waals surface area contributed by atoms with E-state index in [-0.39, 0.29) is 23.3 Å². The fourth-order valence-corrected chi connectivity index (χ4v) is 7.27. The summed E-state index contributed by atoms with van der Waals surface area (Å²) in [5, 5.41) is 35.4. The zero-order chi connectivity index (χ0) is 31.5. The molecule has 0 aromatic carbocycles. The molecule has 0 aromatic rings. The number of nitrogens with zero attached hydrogens (tertiary/aromatic N) is 1. The average Bonchev–Trinajstić information content (AvgIpc) is 3.52. The van der Waals surface area contributed by atoms with Gasteiger partial charge < -0.3 is 34.7 Å². The van der Waals surface area contributed by atoms with Crippen molar-refractivity contribution in [2.45, 2.75) is 96.6 Å². The van der Waals surface area contributed by atoms with Crippen molar-refractivity contribution in [3.63, 3.8) is 0 Å². The van der Waals surface area contributed by atoms with Gasteiger partial charge in [-0.1, -0.05) is 64.6 Å². The highest BCUT2D eigenvalue weighted by molar-refractivity contribution is 7.70. The standard InChI is InChI=1S/C31H46N2O8S2/c1-19(15-24-29(38)28(37)22(17-41-24)12-10-11-20(2)21(3)34)16-26(36)40-14-9-7-5-6-8-13-25(35)32-27-30-23(18-42-43-30)33(4)31(27)39/h10-11,16,18,20-22,24,28-29,34,37-38H,5-9,12-15,17H2,1-4H3,(H,32,35)/b11-10+,19-16+/t20-,21+,22+,24+,28-,29+/m1/s1. The molecular formula is C31H46N2O8S2. The van der Waals surface area contributed by atoms with E-state index in [1.807, 2.05) is 24.5 Å². The van der Waals surface area contributed by atoms with E-state index in [0.29, 0.717) is 56.6 Å². The molecule has 0 spiro atoms. The number of anilines is 1. The summed E-state index contributed by atoms with van der Waals surface area (Å²) in [6.07, 6.45) is 7.41. The Kier molecular flexibility index (Phi) is 14.1. The van der Waals surface area contributed by atoms with E-state index in [1.54, 1.807) is 25.5 Å². The van der Waals surface area contributed by atoms with Gasteiger partial charge in [0.15, 0.2) is 0 Å². The number of aliphatic hydroxyl groups is 3. The Morgan fingerprint density at radius 1 is 1.19 bits per heavy atom. The number of aliphatic hydroxyl groups excluding tert-OH is 3. The summed E-state index contributed by atoms with van der Waals surface area (Å²) < 4.78 is 12.7. The number of carbonyl (C=O) groups is 2. The van der Waals surface area contributed by atoms with Gasteiger partial charge in [-0.3, -0.25) is 9.59 Å². The van der Waals surface area contributed by atoms with Gasteiger partial charge in [0.25, 0.3) is 5.56 Å². The molecule has 3 rings (SSSR count). The normalized spacial score (nSPS) is 22.6. The Morgan fingerprint density at radius 3 is 2.65 bits per heavy atom. The molecule has 0 bridgehead atoms. The summed E-state index contributed by atoms with van der Waals surface area (Å²) in [5.41, 5.74) is 1.73. The fraction of sp³-hybridized carbons (Fsp3) is 0.645. The molecule has 3 aliphatic heterocycles. The molecule has 10 nitrogen and oxygen atoms in total. The second kappa shape index (κ2) is 17.2. The molecule has 1 saturated heterocycles. The first-order valence-electron chi connectivity index (χ1n) is 15.0. The number of carbonyl (C=O) groups excluding carboxylic acids is 2. The zero-order valence-electron chi connectivity index (χ0n) is 25.5. The van der Waals surface area contributed by atoms with Gasteiger partial charge in [0.2, 0.25) is 5.91 Å². The predicted octanol–water partition coefficient (Wildman–Crippen LogP) is 4.47. The number of esters is 1. The van der Waals surface area contributed by atoms with E-state index in [1.165, 1.54) is 26.8 Å². The van der Waals surface area contributed by atoms with Gasteiger partial charge in [0, 0.05) is 30.8 Å². The molecule has 4 N–H and O–H groups in total. The lowest BCUT2D eigenvalue weighted by Crippen LogP contribution is -2.50. The summed E-state index contributed by atoms with van der Waals surface area (Å²) in [6, 6.07) is 0. The summed E-state index contributed by atoms with van der Waals surface area (Å²) in [7, 11) is 4.72. The van der Waals surface area contributed by atoms with Crippen LogP contribution >= 0.6 is 20.7 Å². The Hall–Kier alpha value is -2.35. The minimum atomic E-state index is -1.06. The molecule has 1 fully saturated rings. The Morgan fingerprint density at radius 2 is 1.91 bits per heavy atom. The van der Waals surface area contributed by atoms with Gasteiger partial charge in [-0.2, -0.15) is 0 Å². The number of nitrogens with one attached hydrogen (secondary N) is 1. The minimum absolute atomic E-state index is 0.00579. The lowest BCUT2D eigenvalue weighted by atomic mass is 9.87. The van der Waals surface area contributed by atoms with Gasteiger partial charge in [0.05, 0.1) is 42.1 Å². The number of hydrogen-bond donors (Lipinski definition) is 4. The van der Waals surface area contributed by atoms with Gasteiger partial charge in [0.1, 0.15) is 11.8 Å². The number of aromatic nitrogens is 1. The minimum Gasteiger partial charge on any atom is -0.463 e. The second-order valence-electron chi connectivity index (χ2n) is 11.6. The molecule has 0 unspecified atom stereocenters. The van der Waals surface area contributed by atoms with Gasteiger partial charge in [-0.15, -0.1) is 0 Å². The quantitative estimate of drug-likeness (QED) is 0.0693. The van der Waals surface area contributed by atoms with E-state index in [4.69, 9.17) is 9.47 Å². The number of unbranched alkanes of at least 4 members (excludes halogenated alkanes) is 4. The van der Waals surface area contributed by atoms with Crippen LogP contribution in [0.25, 0.3) is 10.6 Å². The van der Waals surface area contributed by atoms with Gasteiger partial charge in [-0.25, -0.2) is 4.79 Å². The maximum absolute atomic E-state index is 12.3. The van der Waals surface area contributed by atoms with Crippen molar-refractivity contribution < 1.29 is 34.4 Å². The number of fused-ring (bicyclic) bond motifs is 1. The van der Waals surface area contributed by atoms with Crippen LogP contribution in [0.2, 0.25) is 0 Å². The smallest absolute Gasteiger partial charge is 0.330 e. The van der Waals surface area contributed by atoms with E-state index < -0.39 is 30.4 Å². The number of allylic oxidation sites excluding steroid dienone is 1. The molecular weight excluding hydrogens is 592 g/mol. The van der Waals surface area contributed by atoms with Crippen molar-refractivity contribution >= 4 is 38.2 Å². The van der Waals surface area contributed by atoms with Crippen LogP contribution in [0.5, 0.6) is 0 Å². The van der Waals surface area contributed by atoms with Gasteiger partial charge in [-0.05, 0) is 45.4 Å². The highest BCUT2D eigenvalue weighted by Crippen LogP contribution is 2.37. The van der Waals surface area contributed by atoms with Crippen molar-refractivity contribution in [1.82, 2.24) is 4.57 Å². The van der Waals surface area contributed by atoms with Crippen molar-refractivity contribution in [3.8, 4) is 10.6 Å².